The highest BCUT2D eigenvalue weighted by Crippen LogP contribution is 2.19. The van der Waals surface area contributed by atoms with Crippen LogP contribution in [0.4, 0.5) is 5.69 Å². The number of nitrogens with zero attached hydrogens (tertiary/aromatic N) is 1. The van der Waals surface area contributed by atoms with Gasteiger partial charge < -0.3 is 26.0 Å². The predicted octanol–water partition coefficient (Wildman–Crippen LogP) is 2.41. The number of carbonyl (C=O) groups excluding carboxylic acids is 1. The van der Waals surface area contributed by atoms with Gasteiger partial charge in [0.15, 0.2) is 17.0 Å². The maximum Gasteiger partial charge on any atom is 0.255 e. The Labute approximate surface area is 160 Å². The van der Waals surface area contributed by atoms with Gasteiger partial charge in [0.1, 0.15) is 11.3 Å². The van der Waals surface area contributed by atoms with E-state index in [2.05, 4.69) is 10.4 Å². The maximum atomic E-state index is 12.4. The number of rotatable bonds is 6. The van der Waals surface area contributed by atoms with E-state index < -0.39 is 0 Å². The molecule has 28 heavy (non-hydrogen) atoms. The Balaban J connectivity index is 1.81. The van der Waals surface area contributed by atoms with Crippen LogP contribution < -0.4 is 27.1 Å². The van der Waals surface area contributed by atoms with Crippen LogP contribution in [0.1, 0.15) is 29.5 Å². The van der Waals surface area contributed by atoms with Crippen LogP contribution in [0.15, 0.2) is 62.8 Å². The number of ether oxygens (including phenoxy) is 1. The average molecular weight is 380 g/mol. The Kier molecular flexibility index (Phi) is 5.59. The minimum Gasteiger partial charge on any atom is -0.494 e. The highest BCUT2D eigenvalue weighted by atomic mass is 16.5. The predicted molar refractivity (Wildman–Crippen MR) is 108 cm³/mol. The smallest absolute Gasteiger partial charge is 0.255 e. The molecule has 0 saturated heterocycles. The van der Waals surface area contributed by atoms with Crippen LogP contribution in [0, 0.1) is 0 Å². The van der Waals surface area contributed by atoms with Crippen molar-refractivity contribution >= 4 is 28.4 Å². The van der Waals surface area contributed by atoms with Crippen LogP contribution in [-0.4, -0.2) is 18.3 Å². The fraction of sp³-hybridized carbons (Fsp3) is 0.150. The van der Waals surface area contributed by atoms with E-state index in [1.165, 1.54) is 12.1 Å². The van der Waals surface area contributed by atoms with Crippen molar-refractivity contribution in [2.75, 3.05) is 11.9 Å². The summed E-state index contributed by atoms with van der Waals surface area (Å²) in [6.07, 6.45) is 0.908. The Bertz CT molecular complexity index is 1090. The number of nitrogens with two attached hydrogens (primary N) is 2. The molecule has 0 atom stereocenters. The van der Waals surface area contributed by atoms with E-state index in [0.717, 1.165) is 6.42 Å². The lowest BCUT2D eigenvalue weighted by Crippen LogP contribution is -2.18. The summed E-state index contributed by atoms with van der Waals surface area (Å²) in [4.78, 5) is 24.8. The first-order valence-electron chi connectivity index (χ1n) is 8.67. The summed E-state index contributed by atoms with van der Waals surface area (Å²) in [7, 11) is 0. The number of nitrogens with one attached hydrogen (secondary N) is 1. The molecule has 0 spiro atoms. The van der Waals surface area contributed by atoms with Crippen LogP contribution >= 0.6 is 0 Å². The van der Waals surface area contributed by atoms with E-state index in [1.54, 1.807) is 36.4 Å². The van der Waals surface area contributed by atoms with E-state index in [4.69, 9.17) is 20.7 Å². The van der Waals surface area contributed by atoms with Gasteiger partial charge in [-0.15, -0.1) is 0 Å². The third kappa shape index (κ3) is 4.12. The van der Waals surface area contributed by atoms with E-state index in [1.807, 2.05) is 6.92 Å². The Hall–Kier alpha value is -3.81. The van der Waals surface area contributed by atoms with Crippen molar-refractivity contribution < 1.29 is 13.9 Å². The second kappa shape index (κ2) is 8.26. The molecule has 0 unspecified atom stereocenters. The highest BCUT2D eigenvalue weighted by Gasteiger charge is 2.11. The van der Waals surface area contributed by atoms with Crippen LogP contribution in [0.2, 0.25) is 0 Å². The fourth-order valence-electron chi connectivity index (χ4n) is 2.55. The van der Waals surface area contributed by atoms with Crippen LogP contribution in [0.25, 0.3) is 11.0 Å². The summed E-state index contributed by atoms with van der Waals surface area (Å²) in [5, 5.41) is 6.38. The van der Waals surface area contributed by atoms with Gasteiger partial charge in [0.2, 0.25) is 0 Å². The number of hydrogen-bond acceptors (Lipinski definition) is 6. The van der Waals surface area contributed by atoms with E-state index in [-0.39, 0.29) is 22.9 Å². The third-order valence-corrected chi connectivity index (χ3v) is 3.97. The molecule has 8 heteroatoms. The molecule has 3 rings (SSSR count). The minimum atomic E-state index is -0.323. The molecule has 0 aliphatic heterocycles. The first kappa shape index (κ1) is 19.0. The quantitative estimate of drug-likeness (QED) is 0.260. The van der Waals surface area contributed by atoms with Crippen molar-refractivity contribution in [3.8, 4) is 5.75 Å². The number of fused-ring (bicyclic) bond motifs is 1. The summed E-state index contributed by atoms with van der Waals surface area (Å²) in [5.74, 6) is 5.52. The maximum absolute atomic E-state index is 12.4. The molecule has 8 nitrogen and oxygen atoms in total. The minimum absolute atomic E-state index is 0.0808. The standard InChI is InChI=1S/C20H20N4O4/c1-2-9-27-14-6-3-12(4-7-14)20(26)23-13-5-8-17-15(10-13)16(25)11-18(28-17)19(21)24-22/h3-8,10-11H,2,9,22H2,1H3,(H2,21,24)(H,23,26). The molecule has 0 aliphatic carbocycles. The molecule has 0 bridgehead atoms. The molecule has 0 fully saturated rings. The molecular formula is C20H20N4O4. The number of carbonyl (C=O) groups is 1. The molecule has 5 N–H and O–H groups in total. The van der Waals surface area contributed by atoms with Gasteiger partial charge in [0, 0.05) is 17.3 Å². The number of anilines is 1. The van der Waals surface area contributed by atoms with Crippen molar-refractivity contribution in [2.24, 2.45) is 16.7 Å². The third-order valence-electron chi connectivity index (χ3n) is 3.97. The molecule has 1 amide bonds. The van der Waals surface area contributed by atoms with Crippen LogP contribution in [0.3, 0.4) is 0 Å². The molecule has 144 valence electrons. The molecular weight excluding hydrogens is 360 g/mol. The number of amidine groups is 1. The topological polar surface area (TPSA) is 133 Å². The van der Waals surface area contributed by atoms with Crippen molar-refractivity contribution in [3.05, 3.63) is 70.1 Å². The van der Waals surface area contributed by atoms with E-state index in [0.29, 0.717) is 34.6 Å². The second-order valence-corrected chi connectivity index (χ2v) is 6.03. The zero-order valence-corrected chi connectivity index (χ0v) is 15.3. The van der Waals surface area contributed by atoms with Crippen LogP contribution in [0.5, 0.6) is 5.75 Å². The largest absolute Gasteiger partial charge is 0.494 e. The first-order valence-corrected chi connectivity index (χ1v) is 8.67. The Morgan fingerprint density at radius 3 is 2.61 bits per heavy atom. The van der Waals surface area contributed by atoms with Gasteiger partial charge >= 0.3 is 0 Å². The lowest BCUT2D eigenvalue weighted by atomic mass is 10.1. The van der Waals surface area contributed by atoms with Gasteiger partial charge in [-0.05, 0) is 48.9 Å². The molecule has 0 saturated carbocycles. The average Bonchev–Trinajstić information content (AvgIpc) is 2.72. The summed E-state index contributed by atoms with van der Waals surface area (Å²) < 4.78 is 11.0. The number of amides is 1. The lowest BCUT2D eigenvalue weighted by molar-refractivity contribution is 0.102. The molecule has 0 aliphatic rings. The molecule has 1 aromatic heterocycles. The Morgan fingerprint density at radius 2 is 1.93 bits per heavy atom. The van der Waals surface area contributed by atoms with Gasteiger partial charge in [-0.2, -0.15) is 5.10 Å². The summed E-state index contributed by atoms with van der Waals surface area (Å²) in [6.45, 7) is 2.64. The summed E-state index contributed by atoms with van der Waals surface area (Å²) >= 11 is 0. The fourth-order valence-corrected chi connectivity index (χ4v) is 2.55. The summed E-state index contributed by atoms with van der Waals surface area (Å²) in [5.41, 5.74) is 6.50. The van der Waals surface area contributed by atoms with Gasteiger partial charge in [0.05, 0.1) is 12.0 Å². The zero-order chi connectivity index (χ0) is 20.1. The first-order chi connectivity index (χ1) is 13.5. The Morgan fingerprint density at radius 1 is 1.18 bits per heavy atom. The molecule has 0 radical (unpaired) electrons. The van der Waals surface area contributed by atoms with Crippen molar-refractivity contribution in [3.63, 3.8) is 0 Å². The number of hydrogen-bond donors (Lipinski definition) is 3. The second-order valence-electron chi connectivity index (χ2n) is 6.03. The lowest BCUT2D eigenvalue weighted by Gasteiger charge is -2.08. The monoisotopic (exact) mass is 380 g/mol. The SMILES string of the molecule is CCCOc1ccc(C(=O)Nc2ccc3oc(C(N)=NN)cc(=O)c3c2)cc1. The molecule has 3 aromatic rings. The molecule has 2 aromatic carbocycles. The zero-order valence-electron chi connectivity index (χ0n) is 15.3. The van der Waals surface area contributed by atoms with Gasteiger partial charge in [0.25, 0.3) is 5.91 Å². The van der Waals surface area contributed by atoms with Gasteiger partial charge in [-0.1, -0.05) is 6.92 Å². The molecule has 1 heterocycles. The van der Waals surface area contributed by atoms with E-state index in [9.17, 15) is 9.59 Å². The van der Waals surface area contributed by atoms with Crippen molar-refractivity contribution in [1.82, 2.24) is 0 Å². The summed E-state index contributed by atoms with van der Waals surface area (Å²) in [6, 6.07) is 12.8. The van der Waals surface area contributed by atoms with Crippen molar-refractivity contribution in [2.45, 2.75) is 13.3 Å². The number of hydrazone groups is 1. The highest BCUT2D eigenvalue weighted by molar-refractivity contribution is 6.05. The van der Waals surface area contributed by atoms with Crippen LogP contribution in [-0.2, 0) is 0 Å². The van der Waals surface area contributed by atoms with Crippen molar-refractivity contribution in [1.29, 1.82) is 0 Å². The van der Waals surface area contributed by atoms with E-state index >= 15 is 0 Å². The normalized spacial score (nSPS) is 11.4. The van der Waals surface area contributed by atoms with Gasteiger partial charge in [-0.25, -0.2) is 0 Å². The van der Waals surface area contributed by atoms with Gasteiger partial charge in [-0.3, -0.25) is 9.59 Å². The number of benzene rings is 2.